The minimum absolute atomic E-state index is 0.217. The Labute approximate surface area is 76.6 Å². The van der Waals surface area contributed by atoms with Crippen molar-refractivity contribution in [3.05, 3.63) is 35.4 Å². The molecule has 70 valence electrons. The minimum atomic E-state index is -2.32. The van der Waals surface area contributed by atoms with Crippen molar-refractivity contribution in [2.24, 2.45) is 5.92 Å². The SMILES string of the molecule is FC(F)c1ccccc1CC1CC1. The van der Waals surface area contributed by atoms with Crippen LogP contribution in [0.15, 0.2) is 24.3 Å². The molecule has 2 heteroatoms. The number of hydrogen-bond donors (Lipinski definition) is 0. The van der Waals surface area contributed by atoms with Crippen LogP contribution in [0.25, 0.3) is 0 Å². The normalized spacial score (nSPS) is 16.5. The van der Waals surface area contributed by atoms with Crippen LogP contribution in [0.5, 0.6) is 0 Å². The molecule has 0 spiro atoms. The quantitative estimate of drug-likeness (QED) is 0.670. The lowest BCUT2D eigenvalue weighted by Crippen LogP contribution is -1.95. The molecule has 0 atom stereocenters. The third kappa shape index (κ3) is 2.06. The molecule has 0 N–H and O–H groups in total. The first-order chi connectivity index (χ1) is 6.27. The summed E-state index contributed by atoms with van der Waals surface area (Å²) in [5, 5.41) is 0. The van der Waals surface area contributed by atoms with E-state index in [9.17, 15) is 8.78 Å². The van der Waals surface area contributed by atoms with Gasteiger partial charge in [0, 0.05) is 5.56 Å². The molecule has 0 aliphatic heterocycles. The van der Waals surface area contributed by atoms with E-state index in [0.29, 0.717) is 5.92 Å². The highest BCUT2D eigenvalue weighted by atomic mass is 19.3. The highest BCUT2D eigenvalue weighted by Gasteiger charge is 2.23. The molecule has 0 unspecified atom stereocenters. The molecule has 1 aliphatic carbocycles. The lowest BCUT2D eigenvalue weighted by atomic mass is 10.0. The van der Waals surface area contributed by atoms with E-state index in [1.54, 1.807) is 6.07 Å². The maximum Gasteiger partial charge on any atom is 0.264 e. The Bertz CT molecular complexity index is 290. The van der Waals surface area contributed by atoms with Gasteiger partial charge in [0.25, 0.3) is 6.43 Å². The molecule has 1 saturated carbocycles. The Morgan fingerprint density at radius 2 is 1.92 bits per heavy atom. The van der Waals surface area contributed by atoms with Gasteiger partial charge in [-0.3, -0.25) is 0 Å². The van der Waals surface area contributed by atoms with Gasteiger partial charge >= 0.3 is 0 Å². The van der Waals surface area contributed by atoms with Gasteiger partial charge in [0.05, 0.1) is 0 Å². The van der Waals surface area contributed by atoms with Crippen LogP contribution in [0.4, 0.5) is 8.78 Å². The van der Waals surface area contributed by atoms with Crippen molar-refractivity contribution in [1.82, 2.24) is 0 Å². The molecule has 13 heavy (non-hydrogen) atoms. The van der Waals surface area contributed by atoms with Gasteiger partial charge in [-0.2, -0.15) is 0 Å². The summed E-state index contributed by atoms with van der Waals surface area (Å²) in [5.41, 5.74) is 1.05. The monoisotopic (exact) mass is 182 g/mol. The van der Waals surface area contributed by atoms with Crippen LogP contribution in [0.1, 0.15) is 30.4 Å². The number of hydrogen-bond acceptors (Lipinski definition) is 0. The van der Waals surface area contributed by atoms with Crippen LogP contribution in [0, 0.1) is 5.92 Å². The van der Waals surface area contributed by atoms with E-state index < -0.39 is 6.43 Å². The number of rotatable bonds is 3. The van der Waals surface area contributed by atoms with Crippen LogP contribution >= 0.6 is 0 Å². The summed E-state index contributed by atoms with van der Waals surface area (Å²) in [4.78, 5) is 0. The maximum atomic E-state index is 12.5. The van der Waals surface area contributed by atoms with Crippen molar-refractivity contribution >= 4 is 0 Å². The smallest absolute Gasteiger partial charge is 0.205 e. The first-order valence-electron chi connectivity index (χ1n) is 4.63. The molecular formula is C11H12F2. The fraction of sp³-hybridized carbons (Fsp3) is 0.455. The summed E-state index contributed by atoms with van der Waals surface area (Å²) < 4.78 is 25.0. The molecule has 0 aromatic heterocycles. The van der Waals surface area contributed by atoms with Crippen LogP contribution in [-0.4, -0.2) is 0 Å². The molecule has 1 fully saturated rings. The molecule has 1 aromatic carbocycles. The molecule has 2 rings (SSSR count). The van der Waals surface area contributed by atoms with Crippen LogP contribution in [-0.2, 0) is 6.42 Å². The third-order valence-electron chi connectivity index (χ3n) is 2.50. The topological polar surface area (TPSA) is 0 Å². The zero-order valence-corrected chi connectivity index (χ0v) is 7.34. The van der Waals surface area contributed by atoms with Gasteiger partial charge in [-0.25, -0.2) is 8.78 Å². The van der Waals surface area contributed by atoms with Gasteiger partial charge in [-0.1, -0.05) is 24.3 Å². The van der Waals surface area contributed by atoms with E-state index in [0.717, 1.165) is 12.0 Å². The zero-order chi connectivity index (χ0) is 9.26. The van der Waals surface area contributed by atoms with Gasteiger partial charge in [-0.15, -0.1) is 0 Å². The first kappa shape index (κ1) is 8.67. The third-order valence-corrected chi connectivity index (χ3v) is 2.50. The van der Waals surface area contributed by atoms with E-state index in [1.165, 1.54) is 18.9 Å². The lowest BCUT2D eigenvalue weighted by Gasteiger charge is -2.06. The van der Waals surface area contributed by atoms with E-state index in [2.05, 4.69) is 0 Å². The minimum Gasteiger partial charge on any atom is -0.205 e. The summed E-state index contributed by atoms with van der Waals surface area (Å²) in [5.74, 6) is 0.667. The van der Waals surface area contributed by atoms with Crippen LogP contribution in [0.2, 0.25) is 0 Å². The predicted molar refractivity (Wildman–Crippen MR) is 47.8 cm³/mol. The van der Waals surface area contributed by atoms with Gasteiger partial charge < -0.3 is 0 Å². The Morgan fingerprint density at radius 3 is 2.54 bits per heavy atom. The second-order valence-electron chi connectivity index (χ2n) is 3.65. The van der Waals surface area contributed by atoms with Gasteiger partial charge in [0.15, 0.2) is 0 Å². The van der Waals surface area contributed by atoms with Crippen molar-refractivity contribution in [1.29, 1.82) is 0 Å². The van der Waals surface area contributed by atoms with Crippen molar-refractivity contribution in [2.75, 3.05) is 0 Å². The number of halogens is 2. The standard InChI is InChI=1S/C11H12F2/c12-11(13)10-4-2-1-3-9(10)7-8-5-6-8/h1-4,8,11H,5-7H2. The lowest BCUT2D eigenvalue weighted by molar-refractivity contribution is 0.150. The van der Waals surface area contributed by atoms with E-state index in [1.807, 2.05) is 12.1 Å². The fourth-order valence-corrected chi connectivity index (χ4v) is 1.57. The molecule has 0 amide bonds. The molecule has 0 radical (unpaired) electrons. The summed E-state index contributed by atoms with van der Waals surface area (Å²) in [6.07, 6.45) is 0.922. The summed E-state index contributed by atoms with van der Waals surface area (Å²) in [6.45, 7) is 0. The van der Waals surface area contributed by atoms with Crippen molar-refractivity contribution in [3.8, 4) is 0 Å². The Kier molecular flexibility index (Phi) is 2.30. The summed E-state index contributed by atoms with van der Waals surface area (Å²) in [6, 6.07) is 6.86. The molecule has 1 aromatic rings. The van der Waals surface area contributed by atoms with Crippen molar-refractivity contribution in [2.45, 2.75) is 25.7 Å². The summed E-state index contributed by atoms with van der Waals surface area (Å²) >= 11 is 0. The average molecular weight is 182 g/mol. The predicted octanol–water partition coefficient (Wildman–Crippen LogP) is 3.58. The van der Waals surface area contributed by atoms with Gasteiger partial charge in [0.1, 0.15) is 0 Å². The van der Waals surface area contributed by atoms with E-state index in [4.69, 9.17) is 0 Å². The highest BCUT2D eigenvalue weighted by Crippen LogP contribution is 2.35. The average Bonchev–Trinajstić information content (AvgIpc) is 2.89. The first-order valence-corrected chi connectivity index (χ1v) is 4.63. The van der Waals surface area contributed by atoms with Gasteiger partial charge in [0.2, 0.25) is 0 Å². The zero-order valence-electron chi connectivity index (χ0n) is 7.34. The highest BCUT2D eigenvalue weighted by molar-refractivity contribution is 5.28. The summed E-state index contributed by atoms with van der Waals surface area (Å²) in [7, 11) is 0. The molecule has 0 saturated heterocycles. The second kappa shape index (κ2) is 3.44. The van der Waals surface area contributed by atoms with Crippen molar-refractivity contribution in [3.63, 3.8) is 0 Å². The number of benzene rings is 1. The van der Waals surface area contributed by atoms with Crippen LogP contribution in [0.3, 0.4) is 0 Å². The largest absolute Gasteiger partial charge is 0.264 e. The molecule has 1 aliphatic rings. The molecular weight excluding hydrogens is 170 g/mol. The second-order valence-corrected chi connectivity index (χ2v) is 3.65. The van der Waals surface area contributed by atoms with Gasteiger partial charge in [-0.05, 0) is 30.7 Å². The van der Waals surface area contributed by atoms with E-state index in [-0.39, 0.29) is 5.56 Å². The van der Waals surface area contributed by atoms with E-state index >= 15 is 0 Å². The Morgan fingerprint density at radius 1 is 1.23 bits per heavy atom. The Hall–Kier alpha value is -0.920. The molecule has 0 heterocycles. The maximum absolute atomic E-state index is 12.5. The number of alkyl halides is 2. The molecule has 0 bridgehead atoms. The van der Waals surface area contributed by atoms with Crippen molar-refractivity contribution < 1.29 is 8.78 Å². The van der Waals surface area contributed by atoms with Crippen LogP contribution < -0.4 is 0 Å². The Balaban J connectivity index is 2.20. The fourth-order valence-electron chi connectivity index (χ4n) is 1.57. The molecule has 0 nitrogen and oxygen atoms in total.